The molecule has 0 aliphatic heterocycles. The number of benzene rings is 6. The van der Waals surface area contributed by atoms with Gasteiger partial charge in [0, 0.05) is 28.3 Å². The Kier molecular flexibility index (Phi) is 5.14. The molecule has 2 heterocycles. The van der Waals surface area contributed by atoms with Crippen molar-refractivity contribution >= 4 is 60.7 Å². The van der Waals surface area contributed by atoms with Gasteiger partial charge >= 0.3 is 0 Å². The standard InChI is InChI=1S/C37H24N2O/c1-2-8-25(9-3-1)26-16-19-29(20-17-26)39(37-36-33(22-23-38-37)32-12-6-7-13-35(32)40-36)30-21-18-28-15-14-27-10-4-5-11-31(27)34(28)24-30/h1-24H. The van der Waals surface area contributed by atoms with E-state index in [1.165, 1.54) is 32.7 Å². The van der Waals surface area contributed by atoms with Crippen LogP contribution in [0.4, 0.5) is 17.2 Å². The van der Waals surface area contributed by atoms with Crippen LogP contribution in [0.25, 0.3) is 54.6 Å². The van der Waals surface area contributed by atoms with Crippen molar-refractivity contribution in [1.82, 2.24) is 4.98 Å². The quantitative estimate of drug-likeness (QED) is 0.220. The van der Waals surface area contributed by atoms with E-state index >= 15 is 0 Å². The molecule has 0 fully saturated rings. The number of hydrogen-bond donors (Lipinski definition) is 0. The summed E-state index contributed by atoms with van der Waals surface area (Å²) in [6.45, 7) is 0. The second-order valence-corrected chi connectivity index (χ2v) is 10.0. The topological polar surface area (TPSA) is 29.3 Å². The van der Waals surface area contributed by atoms with Crippen molar-refractivity contribution in [2.45, 2.75) is 0 Å². The maximum Gasteiger partial charge on any atom is 0.181 e. The van der Waals surface area contributed by atoms with Crippen LogP contribution in [0.2, 0.25) is 0 Å². The highest BCUT2D eigenvalue weighted by molar-refractivity contribution is 6.11. The predicted molar refractivity (Wildman–Crippen MR) is 167 cm³/mol. The first-order valence-electron chi connectivity index (χ1n) is 13.5. The first-order chi connectivity index (χ1) is 19.8. The SMILES string of the molecule is c1ccc(-c2ccc(N(c3ccc4ccc5ccccc5c4c3)c3nccc4c3oc3ccccc34)cc2)cc1. The van der Waals surface area contributed by atoms with Crippen LogP contribution in [0.1, 0.15) is 0 Å². The molecule has 3 heteroatoms. The third kappa shape index (κ3) is 3.63. The molecule has 2 aromatic heterocycles. The summed E-state index contributed by atoms with van der Waals surface area (Å²) >= 11 is 0. The number of furan rings is 1. The van der Waals surface area contributed by atoms with E-state index in [4.69, 9.17) is 9.40 Å². The van der Waals surface area contributed by atoms with Crippen molar-refractivity contribution < 1.29 is 4.42 Å². The lowest BCUT2D eigenvalue weighted by molar-refractivity contribution is 0.667. The molecule has 0 amide bonds. The van der Waals surface area contributed by atoms with E-state index < -0.39 is 0 Å². The highest BCUT2D eigenvalue weighted by atomic mass is 16.3. The minimum atomic E-state index is 0.765. The number of para-hydroxylation sites is 1. The third-order valence-electron chi connectivity index (χ3n) is 7.71. The molecular weight excluding hydrogens is 488 g/mol. The largest absolute Gasteiger partial charge is 0.452 e. The van der Waals surface area contributed by atoms with Crippen molar-refractivity contribution in [3.8, 4) is 11.1 Å². The molecule has 8 rings (SSSR count). The van der Waals surface area contributed by atoms with Crippen LogP contribution in [-0.2, 0) is 0 Å². The molecular formula is C37H24N2O. The van der Waals surface area contributed by atoms with Crippen molar-refractivity contribution in [2.75, 3.05) is 4.90 Å². The lowest BCUT2D eigenvalue weighted by atomic mass is 10.0. The van der Waals surface area contributed by atoms with E-state index in [1.54, 1.807) is 0 Å². The molecule has 0 saturated carbocycles. The van der Waals surface area contributed by atoms with Crippen LogP contribution in [0.3, 0.4) is 0 Å². The van der Waals surface area contributed by atoms with E-state index in [9.17, 15) is 0 Å². The Bertz CT molecular complexity index is 2160. The minimum Gasteiger partial charge on any atom is -0.452 e. The van der Waals surface area contributed by atoms with E-state index in [1.807, 2.05) is 36.5 Å². The van der Waals surface area contributed by atoms with Crippen LogP contribution in [0, 0.1) is 0 Å². The van der Waals surface area contributed by atoms with Gasteiger partial charge in [-0.05, 0) is 69.1 Å². The smallest absolute Gasteiger partial charge is 0.181 e. The Labute approximate surface area is 231 Å². The Morgan fingerprint density at radius 1 is 0.475 bits per heavy atom. The number of nitrogens with zero attached hydrogens (tertiary/aromatic N) is 2. The van der Waals surface area contributed by atoms with Crippen molar-refractivity contribution in [1.29, 1.82) is 0 Å². The van der Waals surface area contributed by atoms with Crippen molar-refractivity contribution in [3.05, 3.63) is 146 Å². The fourth-order valence-corrected chi connectivity index (χ4v) is 5.75. The van der Waals surface area contributed by atoms with Gasteiger partial charge in [0.25, 0.3) is 0 Å². The van der Waals surface area contributed by atoms with Crippen LogP contribution in [0.15, 0.2) is 150 Å². The minimum absolute atomic E-state index is 0.765. The monoisotopic (exact) mass is 512 g/mol. The zero-order chi connectivity index (χ0) is 26.5. The number of pyridine rings is 1. The Balaban J connectivity index is 1.38. The highest BCUT2D eigenvalue weighted by Gasteiger charge is 2.21. The number of hydrogen-bond acceptors (Lipinski definition) is 3. The van der Waals surface area contributed by atoms with Gasteiger partial charge in [0.05, 0.1) is 0 Å². The average Bonchev–Trinajstić information content (AvgIpc) is 3.41. The van der Waals surface area contributed by atoms with Gasteiger partial charge in [-0.25, -0.2) is 4.98 Å². The second-order valence-electron chi connectivity index (χ2n) is 10.0. The molecule has 0 aliphatic rings. The highest BCUT2D eigenvalue weighted by Crippen LogP contribution is 2.42. The molecule has 0 radical (unpaired) electrons. The molecule has 0 atom stereocenters. The fourth-order valence-electron chi connectivity index (χ4n) is 5.75. The Morgan fingerprint density at radius 3 is 1.98 bits per heavy atom. The van der Waals surface area contributed by atoms with Crippen molar-refractivity contribution in [2.24, 2.45) is 0 Å². The molecule has 0 unspecified atom stereocenters. The summed E-state index contributed by atoms with van der Waals surface area (Å²) in [6, 6.07) is 48.9. The summed E-state index contributed by atoms with van der Waals surface area (Å²) in [5, 5.41) is 7.01. The summed E-state index contributed by atoms with van der Waals surface area (Å²) < 4.78 is 6.45. The number of fused-ring (bicyclic) bond motifs is 6. The number of rotatable bonds is 4. The Hall–Kier alpha value is -5.41. The molecule has 6 aromatic carbocycles. The summed E-state index contributed by atoms with van der Waals surface area (Å²) in [4.78, 5) is 7.12. The average molecular weight is 513 g/mol. The van der Waals surface area contributed by atoms with Gasteiger partial charge in [-0.3, -0.25) is 4.90 Å². The van der Waals surface area contributed by atoms with Crippen LogP contribution >= 0.6 is 0 Å². The summed E-state index contributed by atoms with van der Waals surface area (Å²) in [6.07, 6.45) is 1.88. The van der Waals surface area contributed by atoms with Crippen LogP contribution in [-0.4, -0.2) is 4.98 Å². The third-order valence-corrected chi connectivity index (χ3v) is 7.71. The summed E-state index contributed by atoms with van der Waals surface area (Å²) in [5.74, 6) is 0.765. The number of anilines is 3. The van der Waals surface area contributed by atoms with E-state index in [0.717, 1.165) is 39.1 Å². The van der Waals surface area contributed by atoms with E-state index in [2.05, 4.69) is 114 Å². The maximum atomic E-state index is 6.45. The first-order valence-corrected chi connectivity index (χ1v) is 13.5. The molecule has 0 N–H and O–H groups in total. The second kappa shape index (κ2) is 9.11. The molecule has 0 spiro atoms. The van der Waals surface area contributed by atoms with Crippen molar-refractivity contribution in [3.63, 3.8) is 0 Å². The lowest BCUT2D eigenvalue weighted by Gasteiger charge is -2.25. The van der Waals surface area contributed by atoms with E-state index in [-0.39, 0.29) is 0 Å². The van der Waals surface area contributed by atoms with Gasteiger partial charge < -0.3 is 4.42 Å². The van der Waals surface area contributed by atoms with Gasteiger partial charge in [-0.1, -0.05) is 103 Å². The number of aromatic nitrogens is 1. The molecule has 3 nitrogen and oxygen atoms in total. The van der Waals surface area contributed by atoms with Crippen LogP contribution in [0.5, 0.6) is 0 Å². The first kappa shape index (κ1) is 22.6. The van der Waals surface area contributed by atoms with Gasteiger partial charge in [0.1, 0.15) is 5.58 Å². The molecule has 40 heavy (non-hydrogen) atoms. The van der Waals surface area contributed by atoms with Crippen LogP contribution < -0.4 is 4.90 Å². The fraction of sp³-hybridized carbons (Fsp3) is 0. The summed E-state index contributed by atoms with van der Waals surface area (Å²) in [5.41, 5.74) is 6.03. The van der Waals surface area contributed by atoms with E-state index in [0.29, 0.717) is 0 Å². The normalized spacial score (nSPS) is 11.5. The predicted octanol–water partition coefficient (Wildman–Crippen LogP) is 10.4. The molecule has 0 aliphatic carbocycles. The van der Waals surface area contributed by atoms with Gasteiger partial charge in [0.2, 0.25) is 0 Å². The van der Waals surface area contributed by atoms with Gasteiger partial charge in [-0.15, -0.1) is 0 Å². The van der Waals surface area contributed by atoms with Gasteiger partial charge in [-0.2, -0.15) is 0 Å². The van der Waals surface area contributed by atoms with Gasteiger partial charge in [0.15, 0.2) is 11.4 Å². The molecule has 188 valence electrons. The maximum absolute atomic E-state index is 6.45. The zero-order valence-corrected chi connectivity index (χ0v) is 21.7. The molecule has 8 aromatic rings. The molecule has 0 bridgehead atoms. The summed E-state index contributed by atoms with van der Waals surface area (Å²) in [7, 11) is 0. The molecule has 0 saturated heterocycles. The zero-order valence-electron chi connectivity index (χ0n) is 21.7. The Morgan fingerprint density at radius 2 is 1.12 bits per heavy atom. The lowest BCUT2D eigenvalue weighted by Crippen LogP contribution is -2.11.